The third-order valence-corrected chi connectivity index (χ3v) is 10.9. The van der Waals surface area contributed by atoms with Crippen LogP contribution in [0.4, 0.5) is 4.39 Å². The lowest BCUT2D eigenvalue weighted by molar-refractivity contribution is -0.0204. The van der Waals surface area contributed by atoms with Crippen molar-refractivity contribution in [2.24, 2.45) is 29.4 Å². The minimum Gasteiger partial charge on any atom is -0.366 e. The van der Waals surface area contributed by atoms with Gasteiger partial charge in [0.15, 0.2) is 0 Å². The van der Waals surface area contributed by atoms with Crippen LogP contribution in [0.25, 0.3) is 39.2 Å². The van der Waals surface area contributed by atoms with Gasteiger partial charge in [0.05, 0.1) is 17.0 Å². The number of rotatable bonds is 6. The van der Waals surface area contributed by atoms with Crippen molar-refractivity contribution >= 4 is 28.4 Å². The Morgan fingerprint density at radius 1 is 1.05 bits per heavy atom. The van der Waals surface area contributed by atoms with Crippen LogP contribution in [0.5, 0.6) is 0 Å². The molecule has 9 heteroatoms. The zero-order valence-electron chi connectivity index (χ0n) is 24.8. The van der Waals surface area contributed by atoms with Gasteiger partial charge in [-0.15, -0.1) is 0 Å². The second kappa shape index (κ2) is 9.00. The van der Waals surface area contributed by atoms with E-state index >= 15 is 4.39 Å². The van der Waals surface area contributed by atoms with Crippen molar-refractivity contribution in [3.63, 3.8) is 0 Å². The van der Waals surface area contributed by atoms with Crippen LogP contribution in [0.1, 0.15) is 57.5 Å². The number of halogens is 1. The van der Waals surface area contributed by atoms with Crippen molar-refractivity contribution in [2.45, 2.75) is 52.1 Å². The summed E-state index contributed by atoms with van der Waals surface area (Å²) in [5, 5.41) is 5.88. The molecule has 4 aromatic heterocycles. The summed E-state index contributed by atoms with van der Waals surface area (Å²) in [6, 6.07) is 13.4. The number of nitrogens with zero attached hydrogens (tertiary/aromatic N) is 5. The average Bonchev–Trinajstić information content (AvgIpc) is 3.65. The number of aryl methyl sites for hydroxylation is 2. The normalized spacial score (nSPS) is 23.6. The number of primary amides is 1. The van der Waals surface area contributed by atoms with Crippen LogP contribution in [0.2, 0.25) is 0 Å². The zero-order chi connectivity index (χ0) is 30.0. The first-order valence-electron chi connectivity index (χ1n) is 15.7. The number of likely N-dealkylation sites (tertiary alicyclic amines) is 1. The molecule has 1 saturated heterocycles. The summed E-state index contributed by atoms with van der Waals surface area (Å²) in [5.74, 6) is 1.67. The molecule has 222 valence electrons. The first-order chi connectivity index (χ1) is 21.2. The number of hydrogen-bond acceptors (Lipinski definition) is 4. The Morgan fingerprint density at radius 3 is 2.61 bits per heavy atom. The lowest BCUT2D eigenvalue weighted by atomic mass is 9.53. The maximum Gasteiger partial charge on any atom is 0.255 e. The van der Waals surface area contributed by atoms with Crippen molar-refractivity contribution in [2.75, 3.05) is 6.54 Å². The smallest absolute Gasteiger partial charge is 0.255 e. The van der Waals surface area contributed by atoms with Crippen molar-refractivity contribution in [3.05, 3.63) is 76.7 Å². The monoisotopic (exact) mass is 588 g/mol. The largest absolute Gasteiger partial charge is 0.366 e. The number of fused-ring (bicyclic) bond motifs is 2. The quantitative estimate of drug-likeness (QED) is 0.273. The Balaban J connectivity index is 1.13. The summed E-state index contributed by atoms with van der Waals surface area (Å²) >= 11 is 0. The fourth-order valence-electron chi connectivity index (χ4n) is 8.32. The molecule has 8 nitrogen and oxygen atoms in total. The molecule has 9 rings (SSSR count). The van der Waals surface area contributed by atoms with Crippen LogP contribution in [-0.4, -0.2) is 48.5 Å². The Morgan fingerprint density at radius 2 is 1.89 bits per heavy atom. The van der Waals surface area contributed by atoms with Gasteiger partial charge >= 0.3 is 0 Å². The van der Waals surface area contributed by atoms with Crippen LogP contribution in [-0.2, 0) is 6.54 Å². The number of benzene rings is 1. The second-order valence-electron chi connectivity index (χ2n) is 13.5. The van der Waals surface area contributed by atoms with Crippen LogP contribution >= 0.6 is 0 Å². The van der Waals surface area contributed by atoms with Gasteiger partial charge in [0.2, 0.25) is 5.91 Å². The molecule has 4 fully saturated rings. The van der Waals surface area contributed by atoms with Crippen molar-refractivity contribution < 1.29 is 14.0 Å². The summed E-state index contributed by atoms with van der Waals surface area (Å²) in [6.07, 6.45) is 6.35. The first-order valence-corrected chi connectivity index (χ1v) is 15.7. The molecule has 3 unspecified atom stereocenters. The van der Waals surface area contributed by atoms with E-state index in [9.17, 15) is 9.59 Å². The van der Waals surface area contributed by atoms with Crippen LogP contribution in [0.15, 0.2) is 48.7 Å². The first kappa shape index (κ1) is 25.9. The number of amides is 2. The van der Waals surface area contributed by atoms with Crippen molar-refractivity contribution in [1.82, 2.24) is 24.1 Å². The summed E-state index contributed by atoms with van der Waals surface area (Å²) in [7, 11) is 0. The highest BCUT2D eigenvalue weighted by Gasteiger charge is 2.61. The zero-order valence-corrected chi connectivity index (χ0v) is 24.8. The van der Waals surface area contributed by atoms with E-state index in [4.69, 9.17) is 15.8 Å². The molecular formula is C35H33FN6O2. The van der Waals surface area contributed by atoms with Gasteiger partial charge in [-0.2, -0.15) is 5.10 Å². The molecule has 0 bridgehead atoms. The van der Waals surface area contributed by atoms with E-state index in [1.165, 1.54) is 12.5 Å². The van der Waals surface area contributed by atoms with E-state index in [2.05, 4.69) is 16.7 Å². The lowest BCUT2D eigenvalue weighted by Crippen LogP contribution is -2.53. The highest BCUT2D eigenvalue weighted by Crippen LogP contribution is 2.60. The maximum absolute atomic E-state index is 15.8. The molecule has 3 saturated carbocycles. The van der Waals surface area contributed by atoms with Gasteiger partial charge in [0.25, 0.3) is 5.91 Å². The standard InChI is InChI=1S/C35H33FN6O2/c1-17-9-20(5-7-25(17)33(37)43)27-8-6-21-12-29(40(34(21)38-27)14-19-3-4-19)31-18(2)32-26(36)11-24(16-42(32)39-31)35(44)41-15-23-10-22-13-28(41)30(22)23/h5-9,11-12,16,19,22-23,28,30H,3-4,10,13-15H2,1-2H3,(H2,37,43)/t22?,23?,28?,30-/m1/s1. The van der Waals surface area contributed by atoms with E-state index in [-0.39, 0.29) is 5.91 Å². The number of hydrogen-bond donors (Lipinski definition) is 1. The SMILES string of the molecule is Cc1cc(-c2ccc3cc(-c4nn5cc(C(=O)N6CC7CC8CC6[C@H]87)cc(F)c5c4C)n(CC4CC4)c3n2)ccc1C(N)=O. The second-order valence-corrected chi connectivity index (χ2v) is 13.5. The summed E-state index contributed by atoms with van der Waals surface area (Å²) in [4.78, 5) is 32.4. The Kier molecular flexibility index (Phi) is 5.30. The number of pyridine rings is 2. The van der Waals surface area contributed by atoms with Gasteiger partial charge < -0.3 is 15.2 Å². The Hall–Kier alpha value is -4.53. The Bertz CT molecular complexity index is 2070. The average molecular weight is 589 g/mol. The van der Waals surface area contributed by atoms with Crippen LogP contribution in [0, 0.1) is 43.3 Å². The van der Waals surface area contributed by atoms with E-state index in [1.54, 1.807) is 16.8 Å². The fourth-order valence-corrected chi connectivity index (χ4v) is 8.32. The predicted octanol–water partition coefficient (Wildman–Crippen LogP) is 5.76. The number of carbonyl (C=O) groups is 2. The highest BCUT2D eigenvalue weighted by molar-refractivity contribution is 5.96. The molecule has 4 atom stereocenters. The molecule has 44 heavy (non-hydrogen) atoms. The molecule has 5 aromatic rings. The molecule has 4 aliphatic rings. The lowest BCUT2D eigenvalue weighted by Gasteiger charge is -2.52. The molecule has 2 amide bonds. The van der Waals surface area contributed by atoms with Gasteiger partial charge in [-0.25, -0.2) is 13.9 Å². The third-order valence-electron chi connectivity index (χ3n) is 10.9. The van der Waals surface area contributed by atoms with Crippen LogP contribution in [0.3, 0.4) is 0 Å². The van der Waals surface area contributed by atoms with Crippen molar-refractivity contribution in [1.29, 1.82) is 0 Å². The van der Waals surface area contributed by atoms with Gasteiger partial charge in [-0.1, -0.05) is 6.07 Å². The number of carbonyl (C=O) groups excluding carboxylic acids is 2. The summed E-state index contributed by atoms with van der Waals surface area (Å²) in [6.45, 7) is 5.36. The molecule has 1 aromatic carbocycles. The van der Waals surface area contributed by atoms with Gasteiger partial charge in [0, 0.05) is 47.4 Å². The number of aromatic nitrogens is 4. The van der Waals surface area contributed by atoms with Gasteiger partial charge in [-0.05, 0) is 105 Å². The number of nitrogens with two attached hydrogens (primary N) is 1. The highest BCUT2D eigenvalue weighted by atomic mass is 19.1. The van der Waals surface area contributed by atoms with E-state index in [1.807, 2.05) is 36.9 Å². The Labute approximate surface area is 253 Å². The van der Waals surface area contributed by atoms with E-state index < -0.39 is 11.7 Å². The molecule has 1 aliphatic heterocycles. The molecule has 5 heterocycles. The molecule has 0 spiro atoms. The molecule has 2 N–H and O–H groups in total. The van der Waals surface area contributed by atoms with E-state index in [0.29, 0.717) is 46.1 Å². The predicted molar refractivity (Wildman–Crippen MR) is 165 cm³/mol. The fraction of sp³-hybridized carbons (Fsp3) is 0.371. The minimum absolute atomic E-state index is 0.0861. The molecule has 0 radical (unpaired) electrons. The molecule has 3 aliphatic carbocycles. The summed E-state index contributed by atoms with van der Waals surface area (Å²) < 4.78 is 19.5. The minimum atomic E-state index is -0.449. The third kappa shape index (κ3) is 3.67. The van der Waals surface area contributed by atoms with Gasteiger partial charge in [0.1, 0.15) is 22.7 Å². The topological polar surface area (TPSA) is 98.5 Å². The van der Waals surface area contributed by atoms with E-state index in [0.717, 1.165) is 77.4 Å². The van der Waals surface area contributed by atoms with Crippen molar-refractivity contribution in [3.8, 4) is 22.6 Å². The summed E-state index contributed by atoms with van der Waals surface area (Å²) in [5.41, 5.74) is 12.4. The van der Waals surface area contributed by atoms with Gasteiger partial charge in [-0.3, -0.25) is 9.59 Å². The van der Waals surface area contributed by atoms with Crippen LogP contribution < -0.4 is 5.73 Å². The maximum atomic E-state index is 15.8. The molecular weight excluding hydrogens is 555 g/mol.